The first kappa shape index (κ1) is 13.1. The van der Waals surface area contributed by atoms with Crippen molar-refractivity contribution in [3.8, 4) is 0 Å². The van der Waals surface area contributed by atoms with Gasteiger partial charge in [0.1, 0.15) is 0 Å². The molecule has 0 heterocycles. The smallest absolute Gasteiger partial charge is 0.308 e. The van der Waals surface area contributed by atoms with Crippen LogP contribution in [-0.4, -0.2) is 25.0 Å². The summed E-state index contributed by atoms with van der Waals surface area (Å²) in [6.07, 6.45) is 7.41. The first-order valence-electron chi connectivity index (χ1n) is 6.59. The van der Waals surface area contributed by atoms with Crippen LogP contribution in [0, 0.1) is 11.3 Å². The van der Waals surface area contributed by atoms with Gasteiger partial charge in [-0.25, -0.2) is 0 Å². The molecule has 1 N–H and O–H groups in total. The molecule has 0 aromatic carbocycles. The van der Waals surface area contributed by atoms with E-state index in [-0.39, 0.29) is 17.8 Å². The van der Waals surface area contributed by atoms with Crippen LogP contribution in [0.3, 0.4) is 0 Å². The lowest BCUT2D eigenvalue weighted by Gasteiger charge is -2.51. The van der Waals surface area contributed by atoms with Gasteiger partial charge in [-0.2, -0.15) is 0 Å². The summed E-state index contributed by atoms with van der Waals surface area (Å²) in [5, 5.41) is 2.93. The average Bonchev–Trinajstić information content (AvgIpc) is 2.36. The Hall–Kier alpha value is -1.32. The summed E-state index contributed by atoms with van der Waals surface area (Å²) in [7, 11) is 1.46. The van der Waals surface area contributed by atoms with Crippen LogP contribution in [0.1, 0.15) is 38.5 Å². The highest BCUT2D eigenvalue weighted by molar-refractivity contribution is 5.87. The minimum Gasteiger partial charge on any atom is -0.469 e. The predicted molar refractivity (Wildman–Crippen MR) is 67.8 cm³/mol. The fourth-order valence-electron chi connectivity index (χ4n) is 3.39. The second-order valence-corrected chi connectivity index (χ2v) is 5.62. The minimum absolute atomic E-state index is 0.0688. The van der Waals surface area contributed by atoms with Gasteiger partial charge in [0.15, 0.2) is 0 Å². The Labute approximate surface area is 108 Å². The number of hydrogen-bond acceptors (Lipinski definition) is 3. The molecule has 0 aromatic heterocycles. The number of esters is 1. The van der Waals surface area contributed by atoms with Gasteiger partial charge in [0.05, 0.1) is 13.0 Å². The maximum Gasteiger partial charge on any atom is 0.308 e. The molecule has 2 fully saturated rings. The summed E-state index contributed by atoms with van der Waals surface area (Å²) >= 11 is 0. The van der Waals surface area contributed by atoms with E-state index in [0.29, 0.717) is 11.5 Å². The topological polar surface area (TPSA) is 55.4 Å². The van der Waals surface area contributed by atoms with Crippen LogP contribution in [-0.2, 0) is 14.3 Å². The van der Waals surface area contributed by atoms with Gasteiger partial charge in [0, 0.05) is 6.04 Å². The van der Waals surface area contributed by atoms with E-state index in [9.17, 15) is 9.59 Å². The van der Waals surface area contributed by atoms with Crippen molar-refractivity contribution in [3.63, 3.8) is 0 Å². The van der Waals surface area contributed by atoms with Gasteiger partial charge in [-0.05, 0) is 50.0 Å². The van der Waals surface area contributed by atoms with Gasteiger partial charge in [-0.15, -0.1) is 0 Å². The molecule has 100 valence electrons. The highest BCUT2D eigenvalue weighted by Crippen LogP contribution is 2.52. The van der Waals surface area contributed by atoms with Gasteiger partial charge < -0.3 is 10.1 Å². The van der Waals surface area contributed by atoms with E-state index in [0.717, 1.165) is 38.5 Å². The Kier molecular flexibility index (Phi) is 3.73. The van der Waals surface area contributed by atoms with Crippen molar-refractivity contribution < 1.29 is 14.3 Å². The molecule has 0 saturated heterocycles. The monoisotopic (exact) mass is 251 g/mol. The van der Waals surface area contributed by atoms with E-state index in [2.05, 4.69) is 11.9 Å². The van der Waals surface area contributed by atoms with E-state index in [1.165, 1.54) is 13.2 Å². The van der Waals surface area contributed by atoms with Crippen molar-refractivity contribution in [1.29, 1.82) is 0 Å². The van der Waals surface area contributed by atoms with Crippen LogP contribution in [0.15, 0.2) is 12.7 Å². The number of rotatable bonds is 3. The molecule has 0 aliphatic heterocycles. The molecule has 2 rings (SSSR count). The van der Waals surface area contributed by atoms with Gasteiger partial charge >= 0.3 is 5.97 Å². The molecule has 0 radical (unpaired) electrons. The summed E-state index contributed by atoms with van der Waals surface area (Å²) < 4.78 is 4.79. The van der Waals surface area contributed by atoms with Gasteiger partial charge in [-0.3, -0.25) is 9.59 Å². The molecule has 1 spiro atoms. The third-order valence-corrected chi connectivity index (χ3v) is 4.47. The van der Waals surface area contributed by atoms with Gasteiger partial charge in [0.25, 0.3) is 0 Å². The van der Waals surface area contributed by atoms with Gasteiger partial charge in [0.2, 0.25) is 5.91 Å². The Bertz CT molecular complexity index is 348. The number of carbonyl (C=O) groups excluding carboxylic acids is 2. The molecule has 0 bridgehead atoms. The van der Waals surface area contributed by atoms with Crippen LogP contribution in [0.5, 0.6) is 0 Å². The zero-order valence-corrected chi connectivity index (χ0v) is 10.9. The molecule has 0 unspecified atom stereocenters. The third kappa shape index (κ3) is 2.57. The van der Waals surface area contributed by atoms with Gasteiger partial charge in [-0.1, -0.05) is 6.58 Å². The first-order chi connectivity index (χ1) is 8.58. The standard InChI is InChI=1S/C14H21NO3/c1-3-12(16)15-11-8-14(9-11)6-4-10(5-7-14)13(17)18-2/h3,10-11H,1,4-9H2,2H3,(H,15,16). The van der Waals surface area contributed by atoms with Crippen LogP contribution in [0.25, 0.3) is 0 Å². The van der Waals surface area contributed by atoms with Crippen LogP contribution in [0.2, 0.25) is 0 Å². The maximum atomic E-state index is 11.4. The van der Waals surface area contributed by atoms with Crippen LogP contribution in [0.4, 0.5) is 0 Å². The molecule has 4 nitrogen and oxygen atoms in total. The molecule has 0 atom stereocenters. The van der Waals surface area contributed by atoms with E-state index < -0.39 is 0 Å². The second kappa shape index (κ2) is 5.12. The second-order valence-electron chi connectivity index (χ2n) is 5.62. The van der Waals surface area contributed by atoms with Crippen molar-refractivity contribution in [2.45, 2.75) is 44.6 Å². The molecule has 4 heteroatoms. The number of hydrogen-bond donors (Lipinski definition) is 1. The van der Waals surface area contributed by atoms with Crippen molar-refractivity contribution in [1.82, 2.24) is 5.32 Å². The summed E-state index contributed by atoms with van der Waals surface area (Å²) in [6.45, 7) is 3.45. The largest absolute Gasteiger partial charge is 0.469 e. The molecule has 2 aliphatic carbocycles. The fraction of sp³-hybridized carbons (Fsp3) is 0.714. The molecule has 18 heavy (non-hydrogen) atoms. The average molecular weight is 251 g/mol. The lowest BCUT2D eigenvalue weighted by Crippen LogP contribution is -2.52. The van der Waals surface area contributed by atoms with E-state index in [1.54, 1.807) is 0 Å². The van der Waals surface area contributed by atoms with Crippen molar-refractivity contribution >= 4 is 11.9 Å². The van der Waals surface area contributed by atoms with E-state index in [4.69, 9.17) is 4.74 Å². The van der Waals surface area contributed by atoms with Crippen LogP contribution < -0.4 is 5.32 Å². The van der Waals surface area contributed by atoms with Crippen molar-refractivity contribution in [3.05, 3.63) is 12.7 Å². The number of amides is 1. The molecular formula is C14H21NO3. The van der Waals surface area contributed by atoms with Crippen molar-refractivity contribution in [2.24, 2.45) is 11.3 Å². The zero-order chi connectivity index (χ0) is 13.2. The Morgan fingerprint density at radius 1 is 1.33 bits per heavy atom. The first-order valence-corrected chi connectivity index (χ1v) is 6.59. The molecule has 1 amide bonds. The Morgan fingerprint density at radius 2 is 1.94 bits per heavy atom. The number of ether oxygens (including phenoxy) is 1. The summed E-state index contributed by atoms with van der Waals surface area (Å²) in [5.41, 5.74) is 0.365. The molecule has 2 saturated carbocycles. The number of methoxy groups -OCH3 is 1. The predicted octanol–water partition coefficient (Wildman–Crippen LogP) is 1.80. The zero-order valence-electron chi connectivity index (χ0n) is 10.9. The molecule has 2 aliphatic rings. The summed E-state index contributed by atoms with van der Waals surface area (Å²) in [6, 6.07) is 0.296. The maximum absolute atomic E-state index is 11.4. The summed E-state index contributed by atoms with van der Waals surface area (Å²) in [4.78, 5) is 22.6. The van der Waals surface area contributed by atoms with Crippen LogP contribution >= 0.6 is 0 Å². The normalized spacial score (nSPS) is 34.5. The third-order valence-electron chi connectivity index (χ3n) is 4.47. The molecular weight excluding hydrogens is 230 g/mol. The van der Waals surface area contributed by atoms with Crippen molar-refractivity contribution in [2.75, 3.05) is 7.11 Å². The highest BCUT2D eigenvalue weighted by Gasteiger charge is 2.47. The Morgan fingerprint density at radius 3 is 2.44 bits per heavy atom. The molecule has 0 aromatic rings. The number of carbonyl (C=O) groups is 2. The highest BCUT2D eigenvalue weighted by atomic mass is 16.5. The lowest BCUT2D eigenvalue weighted by atomic mass is 9.57. The fourth-order valence-corrected chi connectivity index (χ4v) is 3.39. The van der Waals surface area contributed by atoms with E-state index in [1.807, 2.05) is 0 Å². The van der Waals surface area contributed by atoms with E-state index >= 15 is 0 Å². The number of nitrogens with one attached hydrogen (secondary N) is 1. The minimum atomic E-state index is -0.0851. The quantitative estimate of drug-likeness (QED) is 0.614. The lowest BCUT2D eigenvalue weighted by molar-refractivity contribution is -0.148. The Balaban J connectivity index is 1.76. The summed E-state index contributed by atoms with van der Waals surface area (Å²) in [5.74, 6) is -0.0683. The SMILES string of the molecule is C=CC(=O)NC1CC2(CCC(C(=O)OC)CC2)C1.